The van der Waals surface area contributed by atoms with Gasteiger partial charge < -0.3 is 9.84 Å². The molecule has 0 bridgehead atoms. The van der Waals surface area contributed by atoms with Gasteiger partial charge in [-0.3, -0.25) is 9.59 Å². The molecule has 0 aliphatic heterocycles. The highest BCUT2D eigenvalue weighted by molar-refractivity contribution is 7.16. The Bertz CT molecular complexity index is 843. The van der Waals surface area contributed by atoms with Crippen molar-refractivity contribution in [3.8, 4) is 16.3 Å². The summed E-state index contributed by atoms with van der Waals surface area (Å²) in [4.78, 5) is 29.3. The number of nitrogens with zero attached hydrogens (tertiary/aromatic N) is 1. The first-order valence-corrected chi connectivity index (χ1v) is 9.65. The third kappa shape index (κ3) is 3.65. The van der Waals surface area contributed by atoms with Crippen molar-refractivity contribution in [2.75, 3.05) is 0 Å². The van der Waals surface area contributed by atoms with Crippen molar-refractivity contribution in [3.63, 3.8) is 0 Å². The molecule has 3 rings (SSSR count). The Hall–Kier alpha value is -2.21. The van der Waals surface area contributed by atoms with Crippen molar-refractivity contribution in [3.05, 3.63) is 33.8 Å². The molecular weight excluding hydrogens is 350 g/mol. The molecule has 2 aromatic heterocycles. The van der Waals surface area contributed by atoms with Gasteiger partial charge in [-0.05, 0) is 64.2 Å². The zero-order valence-electron chi connectivity index (χ0n) is 15.2. The molecule has 1 saturated carbocycles. The van der Waals surface area contributed by atoms with Crippen LogP contribution in [0.5, 0.6) is 5.75 Å². The number of hydrogen-bond acceptors (Lipinski definition) is 5. The first kappa shape index (κ1) is 18.6. The number of aldehydes is 1. The molecule has 2 atom stereocenters. The minimum absolute atomic E-state index is 0.0898. The Morgan fingerprint density at radius 1 is 1.31 bits per heavy atom. The topological polar surface area (TPSA) is 76.5 Å². The number of carboxylic acid groups (broad SMARTS) is 1. The summed E-state index contributed by atoms with van der Waals surface area (Å²) < 4.78 is 6.05. The van der Waals surface area contributed by atoms with E-state index < -0.39 is 5.97 Å². The van der Waals surface area contributed by atoms with Gasteiger partial charge in [0.2, 0.25) is 0 Å². The molecule has 0 radical (unpaired) electrons. The van der Waals surface area contributed by atoms with Gasteiger partial charge in [0.25, 0.3) is 0 Å². The average Bonchev–Trinajstić information content (AvgIpc) is 2.91. The minimum atomic E-state index is -0.742. The largest absolute Gasteiger partial charge is 0.489 e. The summed E-state index contributed by atoms with van der Waals surface area (Å²) in [5.74, 6) is -0.385. The van der Waals surface area contributed by atoms with Crippen LogP contribution in [0.1, 0.15) is 52.2 Å². The number of carbonyl (C=O) groups is 2. The fourth-order valence-corrected chi connectivity index (χ4v) is 4.53. The van der Waals surface area contributed by atoms with Crippen LogP contribution in [0.15, 0.2) is 12.1 Å². The molecule has 138 valence electrons. The average molecular weight is 373 g/mol. The highest BCUT2D eigenvalue weighted by atomic mass is 32.1. The van der Waals surface area contributed by atoms with Gasteiger partial charge in [0, 0.05) is 10.4 Å². The van der Waals surface area contributed by atoms with E-state index in [9.17, 15) is 14.7 Å². The maximum absolute atomic E-state index is 11.4. The highest BCUT2D eigenvalue weighted by Gasteiger charge is 2.28. The predicted molar refractivity (Wildman–Crippen MR) is 101 cm³/mol. The molecule has 26 heavy (non-hydrogen) atoms. The lowest BCUT2D eigenvalue weighted by Gasteiger charge is -2.27. The first-order valence-electron chi connectivity index (χ1n) is 8.83. The predicted octanol–water partition coefficient (Wildman–Crippen LogP) is 4.57. The lowest BCUT2D eigenvalue weighted by molar-refractivity contribution is -0.143. The molecule has 2 heterocycles. The number of carbonyl (C=O) groups excluding carboxylic acids is 1. The Kier molecular flexibility index (Phi) is 5.41. The molecule has 1 aliphatic carbocycles. The minimum Gasteiger partial charge on any atom is -0.489 e. The third-order valence-electron chi connectivity index (χ3n) is 5.09. The van der Waals surface area contributed by atoms with Crippen molar-refractivity contribution in [1.82, 2.24) is 4.98 Å². The van der Waals surface area contributed by atoms with Crippen LogP contribution in [0.2, 0.25) is 0 Å². The number of aliphatic carboxylic acids is 1. The van der Waals surface area contributed by atoms with Crippen molar-refractivity contribution < 1.29 is 19.4 Å². The Morgan fingerprint density at radius 3 is 2.73 bits per heavy atom. The van der Waals surface area contributed by atoms with Gasteiger partial charge in [-0.25, -0.2) is 4.98 Å². The molecule has 1 aliphatic rings. The van der Waals surface area contributed by atoms with E-state index in [1.807, 2.05) is 32.9 Å². The van der Waals surface area contributed by atoms with Crippen LogP contribution in [0.3, 0.4) is 0 Å². The van der Waals surface area contributed by atoms with Crippen molar-refractivity contribution in [2.45, 2.75) is 52.6 Å². The lowest BCUT2D eigenvalue weighted by Crippen LogP contribution is -2.29. The van der Waals surface area contributed by atoms with E-state index in [0.717, 1.165) is 52.3 Å². The van der Waals surface area contributed by atoms with Crippen molar-refractivity contribution in [2.24, 2.45) is 5.92 Å². The van der Waals surface area contributed by atoms with E-state index in [2.05, 4.69) is 4.98 Å². The monoisotopic (exact) mass is 373 g/mol. The zero-order valence-corrected chi connectivity index (χ0v) is 16.1. The molecule has 0 spiro atoms. The van der Waals surface area contributed by atoms with Crippen LogP contribution < -0.4 is 4.74 Å². The number of carboxylic acids is 1. The quantitative estimate of drug-likeness (QED) is 0.777. The van der Waals surface area contributed by atoms with Gasteiger partial charge in [-0.15, -0.1) is 11.3 Å². The second-order valence-corrected chi connectivity index (χ2v) is 8.09. The molecule has 2 aromatic rings. The summed E-state index contributed by atoms with van der Waals surface area (Å²) in [5, 5.41) is 9.22. The first-order chi connectivity index (χ1) is 12.4. The number of rotatable bonds is 5. The second-order valence-electron chi connectivity index (χ2n) is 6.87. The normalized spacial score (nSPS) is 20.0. The van der Waals surface area contributed by atoms with E-state index in [0.29, 0.717) is 17.7 Å². The van der Waals surface area contributed by atoms with Gasteiger partial charge in [0.15, 0.2) is 6.29 Å². The smallest absolute Gasteiger partial charge is 0.306 e. The van der Waals surface area contributed by atoms with Crippen LogP contribution in [0.4, 0.5) is 0 Å². The Balaban J connectivity index is 1.81. The van der Waals surface area contributed by atoms with Crippen LogP contribution in [-0.4, -0.2) is 28.4 Å². The van der Waals surface area contributed by atoms with E-state index in [4.69, 9.17) is 4.74 Å². The van der Waals surface area contributed by atoms with Crippen LogP contribution >= 0.6 is 11.3 Å². The van der Waals surface area contributed by atoms with E-state index >= 15 is 0 Å². The molecule has 5 nitrogen and oxygen atoms in total. The standard InChI is InChI=1S/C20H23NO4S/c1-11-13(3)26-19(16(11)10-22)17-7-8-18(12(2)21-17)25-15-6-4-5-14(9-15)20(23)24/h7-8,10,14-15H,4-6,9H2,1-3H3,(H,23,24)/t14-,15-/m0/s1. The molecule has 0 amide bonds. The van der Waals surface area contributed by atoms with Gasteiger partial charge in [-0.1, -0.05) is 0 Å². The van der Waals surface area contributed by atoms with Crippen molar-refractivity contribution in [1.29, 1.82) is 0 Å². The molecular formula is C20H23NO4S. The SMILES string of the molecule is Cc1nc(-c2sc(C)c(C)c2C=O)ccc1O[C@H]1CCC[C@H](C(=O)O)C1. The summed E-state index contributed by atoms with van der Waals surface area (Å²) in [6, 6.07) is 3.75. The number of thiophene rings is 1. The molecule has 6 heteroatoms. The van der Waals surface area contributed by atoms with Gasteiger partial charge in [0.05, 0.1) is 28.3 Å². The highest BCUT2D eigenvalue weighted by Crippen LogP contribution is 2.36. The summed E-state index contributed by atoms with van der Waals surface area (Å²) in [7, 11) is 0. The summed E-state index contributed by atoms with van der Waals surface area (Å²) in [5.41, 5.74) is 3.22. The maximum Gasteiger partial charge on any atom is 0.306 e. The number of ether oxygens (including phenoxy) is 1. The number of hydrogen-bond donors (Lipinski definition) is 1. The maximum atomic E-state index is 11.4. The van der Waals surface area contributed by atoms with Gasteiger partial charge in [0.1, 0.15) is 5.75 Å². The van der Waals surface area contributed by atoms with Crippen LogP contribution in [0, 0.1) is 26.7 Å². The second kappa shape index (κ2) is 7.58. The molecule has 0 saturated heterocycles. The molecule has 0 aromatic carbocycles. The molecule has 1 N–H and O–H groups in total. The van der Waals surface area contributed by atoms with E-state index in [-0.39, 0.29) is 12.0 Å². The Morgan fingerprint density at radius 2 is 2.08 bits per heavy atom. The summed E-state index contributed by atoms with van der Waals surface area (Å²) in [6.45, 7) is 5.83. The number of aromatic nitrogens is 1. The van der Waals surface area contributed by atoms with E-state index in [1.54, 1.807) is 11.3 Å². The van der Waals surface area contributed by atoms with Crippen LogP contribution in [-0.2, 0) is 4.79 Å². The lowest BCUT2D eigenvalue weighted by atomic mass is 9.87. The fraction of sp³-hybridized carbons (Fsp3) is 0.450. The van der Waals surface area contributed by atoms with Crippen molar-refractivity contribution >= 4 is 23.6 Å². The fourth-order valence-electron chi connectivity index (χ4n) is 3.43. The van der Waals surface area contributed by atoms with Crippen LogP contribution in [0.25, 0.3) is 10.6 Å². The molecule has 1 fully saturated rings. The van der Waals surface area contributed by atoms with Gasteiger partial charge in [-0.2, -0.15) is 0 Å². The van der Waals surface area contributed by atoms with E-state index in [1.165, 1.54) is 0 Å². The van der Waals surface area contributed by atoms with Gasteiger partial charge >= 0.3 is 5.97 Å². The number of aryl methyl sites for hydroxylation is 2. The summed E-state index contributed by atoms with van der Waals surface area (Å²) >= 11 is 1.57. The zero-order chi connectivity index (χ0) is 18.8. The number of pyridine rings is 1. The molecule has 0 unspecified atom stereocenters. The third-order valence-corrected chi connectivity index (χ3v) is 6.33. The Labute approximate surface area is 157 Å². The summed E-state index contributed by atoms with van der Waals surface area (Å²) in [6.07, 6.45) is 3.79.